The molecule has 0 unspecified atom stereocenters. The second-order valence-corrected chi connectivity index (χ2v) is 7.07. The maximum atomic E-state index is 12.8. The van der Waals surface area contributed by atoms with Gasteiger partial charge in [0, 0.05) is 11.4 Å². The van der Waals surface area contributed by atoms with Gasteiger partial charge in [0.1, 0.15) is 17.3 Å². The summed E-state index contributed by atoms with van der Waals surface area (Å²) in [5, 5.41) is 4.77. The molecule has 0 spiro atoms. The second kappa shape index (κ2) is 7.69. The van der Waals surface area contributed by atoms with Crippen molar-refractivity contribution in [3.63, 3.8) is 0 Å². The van der Waals surface area contributed by atoms with E-state index < -0.39 is 39.0 Å². The van der Waals surface area contributed by atoms with Crippen LogP contribution in [0.2, 0.25) is 0 Å². The van der Waals surface area contributed by atoms with Crippen molar-refractivity contribution in [2.24, 2.45) is 0 Å². The summed E-state index contributed by atoms with van der Waals surface area (Å²) in [5.74, 6) is -3.64. The van der Waals surface area contributed by atoms with E-state index in [4.69, 9.17) is 0 Å². The Hall–Kier alpha value is -2.74. The molecule has 0 fully saturated rings. The van der Waals surface area contributed by atoms with Gasteiger partial charge in [-0.1, -0.05) is 18.2 Å². The average Bonchev–Trinajstić information content (AvgIpc) is 2.49. The number of carbonyl (C=O) groups excluding carboxylic acids is 2. The van der Waals surface area contributed by atoms with Gasteiger partial charge in [-0.25, -0.2) is 12.8 Å². The van der Waals surface area contributed by atoms with Gasteiger partial charge in [0.2, 0.25) is 11.8 Å². The molecule has 0 aliphatic rings. The lowest BCUT2D eigenvalue weighted by molar-refractivity contribution is -0.114. The summed E-state index contributed by atoms with van der Waals surface area (Å²) in [5.41, 5.74) is 0.735. The van der Waals surface area contributed by atoms with Gasteiger partial charge in [0.25, 0.3) is 0 Å². The third-order valence-electron chi connectivity index (χ3n) is 2.89. The lowest BCUT2D eigenvalue weighted by Crippen LogP contribution is -2.30. The number of amides is 2. The first-order chi connectivity index (χ1) is 11.3. The molecule has 8 heteroatoms. The van der Waals surface area contributed by atoms with E-state index in [2.05, 4.69) is 10.6 Å². The number of nitrogens with one attached hydrogen (secondary N) is 2. The zero-order valence-corrected chi connectivity index (χ0v) is 13.3. The first-order valence-corrected chi connectivity index (χ1v) is 8.77. The van der Waals surface area contributed by atoms with E-state index in [1.165, 1.54) is 12.1 Å². The Labute approximate surface area is 138 Å². The van der Waals surface area contributed by atoms with Crippen molar-refractivity contribution < 1.29 is 22.4 Å². The van der Waals surface area contributed by atoms with Crippen molar-refractivity contribution in [1.29, 1.82) is 0 Å². The molecule has 0 heterocycles. The summed E-state index contributed by atoms with van der Waals surface area (Å²) < 4.78 is 36.6. The predicted octanol–water partition coefficient (Wildman–Crippen LogP) is 1.82. The standard InChI is InChI=1S/C16H15FN2O4S/c17-12-6-8-14(9-7-12)19-16(21)11-24(22,23)10-15(20)18-13-4-2-1-3-5-13/h1-9H,10-11H2,(H,18,20)(H,19,21). The SMILES string of the molecule is O=C(CS(=O)(=O)CC(=O)Nc1ccc(F)cc1)Nc1ccccc1. The zero-order valence-electron chi connectivity index (χ0n) is 12.5. The molecule has 0 radical (unpaired) electrons. The number of benzene rings is 2. The maximum Gasteiger partial charge on any atom is 0.239 e. The van der Waals surface area contributed by atoms with Gasteiger partial charge in [-0.3, -0.25) is 9.59 Å². The fourth-order valence-electron chi connectivity index (χ4n) is 1.90. The van der Waals surface area contributed by atoms with Crippen LogP contribution < -0.4 is 10.6 Å². The van der Waals surface area contributed by atoms with Gasteiger partial charge in [-0.2, -0.15) is 0 Å². The first-order valence-electron chi connectivity index (χ1n) is 6.95. The topological polar surface area (TPSA) is 92.3 Å². The van der Waals surface area contributed by atoms with Gasteiger partial charge >= 0.3 is 0 Å². The zero-order chi connectivity index (χ0) is 17.6. The van der Waals surface area contributed by atoms with E-state index in [1.54, 1.807) is 30.3 Å². The second-order valence-electron chi connectivity index (χ2n) is 5.00. The lowest BCUT2D eigenvalue weighted by atomic mass is 10.3. The van der Waals surface area contributed by atoms with Crippen LogP contribution in [0.5, 0.6) is 0 Å². The molecule has 0 aliphatic heterocycles. The highest BCUT2D eigenvalue weighted by Gasteiger charge is 2.21. The number of hydrogen-bond donors (Lipinski definition) is 2. The molecule has 0 saturated carbocycles. The Kier molecular flexibility index (Phi) is 5.64. The van der Waals surface area contributed by atoms with E-state index in [-0.39, 0.29) is 5.69 Å². The van der Waals surface area contributed by atoms with Crippen LogP contribution in [0.25, 0.3) is 0 Å². The number of sulfone groups is 1. The Balaban J connectivity index is 1.89. The summed E-state index contributed by atoms with van der Waals surface area (Å²) in [6.45, 7) is 0. The smallest absolute Gasteiger partial charge is 0.239 e. The molecule has 0 saturated heterocycles. The molecule has 2 aromatic carbocycles. The van der Waals surface area contributed by atoms with Gasteiger partial charge in [-0.05, 0) is 36.4 Å². The van der Waals surface area contributed by atoms with Crippen LogP contribution in [0.1, 0.15) is 0 Å². The number of carbonyl (C=O) groups is 2. The normalized spacial score (nSPS) is 10.9. The molecule has 0 aromatic heterocycles. The molecular weight excluding hydrogens is 335 g/mol. The van der Waals surface area contributed by atoms with Crippen LogP contribution in [0.3, 0.4) is 0 Å². The molecule has 2 amide bonds. The third kappa shape index (κ3) is 5.81. The minimum atomic E-state index is -3.93. The molecule has 2 N–H and O–H groups in total. The highest BCUT2D eigenvalue weighted by Crippen LogP contribution is 2.09. The fraction of sp³-hybridized carbons (Fsp3) is 0.125. The third-order valence-corrected chi connectivity index (χ3v) is 4.29. The highest BCUT2D eigenvalue weighted by atomic mass is 32.2. The van der Waals surface area contributed by atoms with E-state index in [0.29, 0.717) is 5.69 Å². The molecule has 0 aliphatic carbocycles. The van der Waals surface area contributed by atoms with Crippen LogP contribution in [0.4, 0.5) is 15.8 Å². The molecular formula is C16H15FN2O4S. The van der Waals surface area contributed by atoms with E-state index in [9.17, 15) is 22.4 Å². The van der Waals surface area contributed by atoms with Crippen LogP contribution in [-0.4, -0.2) is 31.7 Å². The summed E-state index contributed by atoms with van der Waals surface area (Å²) in [6.07, 6.45) is 0. The Morgan fingerprint density at radius 2 is 1.25 bits per heavy atom. The van der Waals surface area contributed by atoms with Crippen molar-refractivity contribution in [1.82, 2.24) is 0 Å². The molecule has 2 aromatic rings. The number of para-hydroxylation sites is 1. The van der Waals surface area contributed by atoms with Gasteiger partial charge in [-0.15, -0.1) is 0 Å². The molecule has 2 rings (SSSR count). The lowest BCUT2D eigenvalue weighted by Gasteiger charge is -2.07. The average molecular weight is 350 g/mol. The first kappa shape index (κ1) is 17.6. The van der Waals surface area contributed by atoms with Gasteiger partial charge in [0.05, 0.1) is 0 Å². The van der Waals surface area contributed by atoms with Crippen molar-refractivity contribution in [2.75, 3.05) is 22.1 Å². The minimum absolute atomic E-state index is 0.269. The van der Waals surface area contributed by atoms with Crippen LogP contribution in [0, 0.1) is 5.82 Å². The summed E-state index contributed by atoms with van der Waals surface area (Å²) in [4.78, 5) is 23.5. The van der Waals surface area contributed by atoms with E-state index in [0.717, 1.165) is 12.1 Å². The van der Waals surface area contributed by atoms with Crippen molar-refractivity contribution in [2.45, 2.75) is 0 Å². The van der Waals surface area contributed by atoms with E-state index >= 15 is 0 Å². The summed E-state index contributed by atoms with van der Waals surface area (Å²) in [6, 6.07) is 13.3. The Morgan fingerprint density at radius 1 is 0.792 bits per heavy atom. The quantitative estimate of drug-likeness (QED) is 0.831. The molecule has 0 bridgehead atoms. The fourth-order valence-corrected chi connectivity index (χ4v) is 2.94. The van der Waals surface area contributed by atoms with Crippen LogP contribution in [0.15, 0.2) is 54.6 Å². The maximum absolute atomic E-state index is 12.8. The van der Waals surface area contributed by atoms with Crippen molar-refractivity contribution >= 4 is 33.0 Å². The van der Waals surface area contributed by atoms with E-state index in [1.807, 2.05) is 0 Å². The molecule has 0 atom stereocenters. The summed E-state index contributed by atoms with van der Waals surface area (Å²) in [7, 11) is -3.93. The largest absolute Gasteiger partial charge is 0.325 e. The molecule has 6 nitrogen and oxygen atoms in total. The number of halogens is 1. The molecule has 24 heavy (non-hydrogen) atoms. The predicted molar refractivity (Wildman–Crippen MR) is 88.8 cm³/mol. The monoisotopic (exact) mass is 350 g/mol. The number of anilines is 2. The van der Waals surface area contributed by atoms with Crippen molar-refractivity contribution in [3.05, 3.63) is 60.4 Å². The van der Waals surface area contributed by atoms with Crippen molar-refractivity contribution in [3.8, 4) is 0 Å². The van der Waals surface area contributed by atoms with Gasteiger partial charge in [0.15, 0.2) is 9.84 Å². The molecule has 126 valence electrons. The minimum Gasteiger partial charge on any atom is -0.325 e. The highest BCUT2D eigenvalue weighted by molar-refractivity contribution is 7.92. The van der Waals surface area contributed by atoms with Gasteiger partial charge < -0.3 is 10.6 Å². The Bertz CT molecular complexity index is 821. The summed E-state index contributed by atoms with van der Waals surface area (Å²) >= 11 is 0. The number of rotatable bonds is 6. The number of hydrogen-bond acceptors (Lipinski definition) is 4. The van der Waals surface area contributed by atoms with Crippen LogP contribution in [-0.2, 0) is 19.4 Å². The Morgan fingerprint density at radius 3 is 1.75 bits per heavy atom. The van der Waals surface area contributed by atoms with Crippen LogP contribution >= 0.6 is 0 Å².